The molecule has 4 rings (SSSR count). The lowest BCUT2D eigenvalue weighted by atomic mass is 10.1. The molecule has 0 saturated carbocycles. The second-order valence-corrected chi connectivity index (χ2v) is 6.85. The predicted molar refractivity (Wildman–Crippen MR) is 118 cm³/mol. The van der Waals surface area contributed by atoms with Crippen molar-refractivity contribution < 1.29 is 13.9 Å². The first-order chi connectivity index (χ1) is 14.6. The number of rotatable bonds is 6. The highest BCUT2D eigenvalue weighted by Crippen LogP contribution is 2.25. The van der Waals surface area contributed by atoms with Crippen LogP contribution in [0.25, 0.3) is 22.3 Å². The highest BCUT2D eigenvalue weighted by atomic mass is 16.5. The summed E-state index contributed by atoms with van der Waals surface area (Å²) in [5.41, 5.74) is 2.57. The Morgan fingerprint density at radius 3 is 2.47 bits per heavy atom. The van der Waals surface area contributed by atoms with Gasteiger partial charge in [0, 0.05) is 17.3 Å². The maximum absolute atomic E-state index is 12.7. The van der Waals surface area contributed by atoms with E-state index in [2.05, 4.69) is 5.32 Å². The van der Waals surface area contributed by atoms with Crippen molar-refractivity contribution in [1.82, 2.24) is 0 Å². The van der Waals surface area contributed by atoms with E-state index in [-0.39, 0.29) is 17.8 Å². The Balaban J connectivity index is 1.56. The number of hydrogen-bond donors (Lipinski definition) is 1. The van der Waals surface area contributed by atoms with Crippen molar-refractivity contribution in [3.8, 4) is 17.1 Å². The Hall–Kier alpha value is -3.86. The van der Waals surface area contributed by atoms with Gasteiger partial charge in [0.05, 0.1) is 18.4 Å². The van der Waals surface area contributed by atoms with Crippen LogP contribution >= 0.6 is 0 Å². The van der Waals surface area contributed by atoms with Crippen LogP contribution < -0.4 is 15.5 Å². The molecule has 0 spiro atoms. The van der Waals surface area contributed by atoms with Crippen LogP contribution in [0.4, 0.5) is 5.69 Å². The van der Waals surface area contributed by atoms with Gasteiger partial charge >= 0.3 is 0 Å². The minimum absolute atomic E-state index is 0.143. The summed E-state index contributed by atoms with van der Waals surface area (Å²) in [6.45, 7) is 2.52. The quantitative estimate of drug-likeness (QED) is 0.493. The van der Waals surface area contributed by atoms with Crippen molar-refractivity contribution >= 4 is 22.6 Å². The molecule has 0 fully saturated rings. The zero-order chi connectivity index (χ0) is 20.9. The number of ether oxygens (including phenoxy) is 1. The molecule has 0 radical (unpaired) electrons. The van der Waals surface area contributed by atoms with E-state index in [9.17, 15) is 9.59 Å². The van der Waals surface area contributed by atoms with E-state index < -0.39 is 0 Å². The van der Waals surface area contributed by atoms with Gasteiger partial charge in [0.15, 0.2) is 5.43 Å². The molecule has 3 aromatic carbocycles. The number of nitrogens with one attached hydrogen (secondary N) is 1. The molecular weight excluding hydrogens is 378 g/mol. The molecule has 1 aromatic heterocycles. The first-order valence-corrected chi connectivity index (χ1v) is 9.77. The van der Waals surface area contributed by atoms with Crippen molar-refractivity contribution in [2.24, 2.45) is 0 Å². The summed E-state index contributed by atoms with van der Waals surface area (Å²) in [6.07, 6.45) is 0.268. The lowest BCUT2D eigenvalue weighted by Gasteiger charge is -2.08. The Kier molecular flexibility index (Phi) is 5.61. The summed E-state index contributed by atoms with van der Waals surface area (Å²) in [5, 5.41) is 3.26. The Morgan fingerprint density at radius 1 is 0.967 bits per heavy atom. The van der Waals surface area contributed by atoms with Gasteiger partial charge in [-0.2, -0.15) is 0 Å². The number of carbonyl (C=O) groups is 1. The average Bonchev–Trinajstić information content (AvgIpc) is 2.75. The van der Waals surface area contributed by atoms with Gasteiger partial charge in [0.1, 0.15) is 17.1 Å². The monoisotopic (exact) mass is 399 g/mol. The number of anilines is 1. The minimum Gasteiger partial charge on any atom is -0.494 e. The first kappa shape index (κ1) is 19.5. The second kappa shape index (κ2) is 8.66. The Labute approximate surface area is 173 Å². The standard InChI is InChI=1S/C25H21NO4/c1-2-29-20-11-8-18(9-12-20)24-16-22(27)21-15-19(10-13-23(21)30-24)26-25(28)14-17-6-4-3-5-7-17/h3-13,15-16H,2,14H2,1H3,(H,26,28). The van der Waals surface area contributed by atoms with E-state index >= 15 is 0 Å². The van der Waals surface area contributed by atoms with Crippen LogP contribution in [0, 0.1) is 0 Å². The van der Waals surface area contributed by atoms with Crippen molar-refractivity contribution in [1.29, 1.82) is 0 Å². The number of fused-ring (bicyclic) bond motifs is 1. The van der Waals surface area contributed by atoms with Gasteiger partial charge in [-0.15, -0.1) is 0 Å². The van der Waals surface area contributed by atoms with Crippen molar-refractivity contribution in [3.05, 3.63) is 94.6 Å². The molecule has 0 aliphatic rings. The summed E-state index contributed by atoms with van der Waals surface area (Å²) in [6, 6.07) is 23.4. The molecule has 0 saturated heterocycles. The summed E-state index contributed by atoms with van der Waals surface area (Å²) < 4.78 is 11.4. The van der Waals surface area contributed by atoms with Crippen LogP contribution in [-0.4, -0.2) is 12.5 Å². The van der Waals surface area contributed by atoms with Crippen LogP contribution in [0.15, 0.2) is 88.1 Å². The second-order valence-electron chi connectivity index (χ2n) is 6.85. The molecule has 0 atom stereocenters. The zero-order valence-corrected chi connectivity index (χ0v) is 16.6. The third-order valence-electron chi connectivity index (χ3n) is 4.67. The van der Waals surface area contributed by atoms with Gasteiger partial charge in [-0.1, -0.05) is 30.3 Å². The molecule has 150 valence electrons. The summed E-state index contributed by atoms with van der Waals surface area (Å²) in [7, 11) is 0. The number of benzene rings is 3. The maximum atomic E-state index is 12.7. The largest absolute Gasteiger partial charge is 0.494 e. The number of hydrogen-bond acceptors (Lipinski definition) is 4. The minimum atomic E-state index is -0.167. The Morgan fingerprint density at radius 2 is 1.73 bits per heavy atom. The molecule has 0 aliphatic heterocycles. The van der Waals surface area contributed by atoms with Crippen molar-refractivity contribution in [2.45, 2.75) is 13.3 Å². The molecule has 0 unspecified atom stereocenters. The molecular formula is C25H21NO4. The predicted octanol–water partition coefficient (Wildman–Crippen LogP) is 5.04. The average molecular weight is 399 g/mol. The lowest BCUT2D eigenvalue weighted by Crippen LogP contribution is -2.14. The molecule has 1 N–H and O–H groups in total. The van der Waals surface area contributed by atoms with E-state index in [0.29, 0.717) is 29.0 Å². The van der Waals surface area contributed by atoms with E-state index in [4.69, 9.17) is 9.15 Å². The number of amides is 1. The zero-order valence-electron chi connectivity index (χ0n) is 16.6. The van der Waals surface area contributed by atoms with E-state index in [1.165, 1.54) is 6.07 Å². The highest BCUT2D eigenvalue weighted by molar-refractivity contribution is 5.94. The fourth-order valence-electron chi connectivity index (χ4n) is 3.24. The van der Waals surface area contributed by atoms with Crippen LogP contribution in [0.1, 0.15) is 12.5 Å². The third kappa shape index (κ3) is 4.41. The molecule has 5 heteroatoms. The van der Waals surface area contributed by atoms with E-state index in [1.54, 1.807) is 18.2 Å². The highest BCUT2D eigenvalue weighted by Gasteiger charge is 2.10. The molecule has 30 heavy (non-hydrogen) atoms. The molecule has 1 amide bonds. The van der Waals surface area contributed by atoms with Gasteiger partial charge in [0.25, 0.3) is 0 Å². The van der Waals surface area contributed by atoms with Crippen LogP contribution in [0.3, 0.4) is 0 Å². The summed E-state index contributed by atoms with van der Waals surface area (Å²) in [5.74, 6) is 1.10. The fourth-order valence-corrected chi connectivity index (χ4v) is 3.24. The topological polar surface area (TPSA) is 68.5 Å². The maximum Gasteiger partial charge on any atom is 0.228 e. The first-order valence-electron chi connectivity index (χ1n) is 9.77. The SMILES string of the molecule is CCOc1ccc(-c2cc(=O)c3cc(NC(=O)Cc4ccccc4)ccc3o2)cc1. The smallest absolute Gasteiger partial charge is 0.228 e. The van der Waals surface area contributed by atoms with Gasteiger partial charge in [-0.05, 0) is 55.0 Å². The summed E-state index contributed by atoms with van der Waals surface area (Å²) in [4.78, 5) is 25.0. The van der Waals surface area contributed by atoms with Gasteiger partial charge < -0.3 is 14.5 Å². The Bertz CT molecular complexity index is 1230. The van der Waals surface area contributed by atoms with E-state index in [1.807, 2.05) is 61.5 Å². The van der Waals surface area contributed by atoms with Crippen LogP contribution in [-0.2, 0) is 11.2 Å². The van der Waals surface area contributed by atoms with Crippen molar-refractivity contribution in [3.63, 3.8) is 0 Å². The molecule has 0 bridgehead atoms. The molecule has 5 nitrogen and oxygen atoms in total. The number of carbonyl (C=O) groups excluding carboxylic acids is 1. The summed E-state index contributed by atoms with van der Waals surface area (Å²) >= 11 is 0. The van der Waals surface area contributed by atoms with Gasteiger partial charge in [0.2, 0.25) is 5.91 Å². The third-order valence-corrected chi connectivity index (χ3v) is 4.67. The molecule has 1 heterocycles. The lowest BCUT2D eigenvalue weighted by molar-refractivity contribution is -0.115. The van der Waals surface area contributed by atoms with Gasteiger partial charge in [-0.3, -0.25) is 9.59 Å². The van der Waals surface area contributed by atoms with Crippen LogP contribution in [0.5, 0.6) is 5.75 Å². The fraction of sp³-hybridized carbons (Fsp3) is 0.120. The molecule has 4 aromatic rings. The van der Waals surface area contributed by atoms with E-state index in [0.717, 1.165) is 16.9 Å². The van der Waals surface area contributed by atoms with Crippen molar-refractivity contribution in [2.75, 3.05) is 11.9 Å². The van der Waals surface area contributed by atoms with Gasteiger partial charge in [-0.25, -0.2) is 0 Å². The van der Waals surface area contributed by atoms with Crippen LogP contribution in [0.2, 0.25) is 0 Å². The molecule has 0 aliphatic carbocycles. The normalized spacial score (nSPS) is 10.7.